The Labute approximate surface area is 354 Å². The SMILES string of the molecule is NCCCCCCCNC(=O)Nc1snc(OCc2c(F)cc(Cl)cc2F)c1C(N)=O.NCCCCNC(=O)Nc1snc(OCc2c(F)cc(Cl)cc2F)c1C(N)=O. The van der Waals surface area contributed by atoms with E-state index < -0.39 is 60.4 Å². The topological polar surface area (TPSA) is 265 Å². The van der Waals surface area contributed by atoms with E-state index in [4.69, 9.17) is 55.6 Å². The molecule has 6 amide bonds. The lowest BCUT2D eigenvalue weighted by molar-refractivity contribution is 0.0987. The fraction of sp³-hybridized carbons (Fsp3) is 0.371. The summed E-state index contributed by atoms with van der Waals surface area (Å²) in [5.41, 5.74) is 20.3. The first kappa shape index (κ1) is 48.4. The monoisotopic (exact) mass is 908 g/mol. The van der Waals surface area contributed by atoms with Crippen LogP contribution in [0.25, 0.3) is 0 Å². The molecule has 0 aliphatic heterocycles. The van der Waals surface area contributed by atoms with Crippen LogP contribution in [-0.4, -0.2) is 58.8 Å². The summed E-state index contributed by atoms with van der Waals surface area (Å²) in [4.78, 5) is 47.5. The summed E-state index contributed by atoms with van der Waals surface area (Å²) in [6, 6.07) is 2.64. The molecule has 2 heterocycles. The van der Waals surface area contributed by atoms with Gasteiger partial charge in [-0.1, -0.05) is 42.5 Å². The van der Waals surface area contributed by atoms with Crippen LogP contribution in [0, 0.1) is 23.3 Å². The number of nitrogens with two attached hydrogens (primary N) is 4. The van der Waals surface area contributed by atoms with E-state index in [0.717, 1.165) is 85.9 Å². The van der Waals surface area contributed by atoms with Gasteiger partial charge in [-0.05, 0) is 86.1 Å². The number of hydrogen-bond donors (Lipinski definition) is 8. The summed E-state index contributed by atoms with van der Waals surface area (Å²) < 4.78 is 73.8. The second kappa shape index (κ2) is 24.8. The summed E-state index contributed by atoms with van der Waals surface area (Å²) in [5.74, 6) is -5.92. The van der Waals surface area contributed by atoms with Crippen molar-refractivity contribution in [2.24, 2.45) is 22.9 Å². The first-order valence-electron chi connectivity index (χ1n) is 17.8. The molecule has 0 saturated carbocycles. The smallest absolute Gasteiger partial charge is 0.319 e. The van der Waals surface area contributed by atoms with E-state index in [9.17, 15) is 36.7 Å². The average Bonchev–Trinajstić information content (AvgIpc) is 3.75. The van der Waals surface area contributed by atoms with Crippen molar-refractivity contribution >= 4 is 80.1 Å². The number of carbonyl (C=O) groups excluding carboxylic acids is 4. The molecule has 16 nitrogen and oxygen atoms in total. The van der Waals surface area contributed by atoms with Gasteiger partial charge in [-0.3, -0.25) is 20.2 Å². The number of halogens is 6. The third kappa shape index (κ3) is 15.6. The van der Waals surface area contributed by atoms with Crippen LogP contribution in [0.3, 0.4) is 0 Å². The highest BCUT2D eigenvalue weighted by Gasteiger charge is 2.24. The molecule has 0 saturated heterocycles. The number of nitrogens with zero attached hydrogens (tertiary/aromatic N) is 2. The van der Waals surface area contributed by atoms with Gasteiger partial charge in [0.15, 0.2) is 0 Å². The molecule has 4 aromatic rings. The standard InChI is InChI=1S/C19H24ClF2N5O3S.C16H18ClF2N5O3S/c20-11-8-13(21)12(14(22)9-11)10-30-17-15(16(24)28)18(31-27-17)26-19(29)25-7-5-3-1-2-4-6-23;17-8-5-10(18)9(11(19)6-8)7-27-14-12(13(21)25)15(28-24-14)23-16(26)22-4-2-1-3-20/h8-9H,1-7,10,23H2,(H2,24,28)(H2,25,26,29);5-6H,1-4,7,20H2,(H2,21,25)(H2,22,23,26). The van der Waals surface area contributed by atoms with Crippen LogP contribution in [0.4, 0.5) is 37.2 Å². The van der Waals surface area contributed by atoms with Crippen molar-refractivity contribution in [3.05, 3.63) is 79.8 Å². The van der Waals surface area contributed by atoms with Crippen molar-refractivity contribution in [1.82, 2.24) is 19.4 Å². The molecule has 0 atom stereocenters. The summed E-state index contributed by atoms with van der Waals surface area (Å²) in [6.07, 6.45) is 6.29. The average molecular weight is 910 g/mol. The number of ether oxygens (including phenoxy) is 2. The molecule has 322 valence electrons. The molecule has 0 aliphatic carbocycles. The van der Waals surface area contributed by atoms with Gasteiger partial charge in [-0.2, -0.15) is 8.75 Å². The molecule has 2 aromatic carbocycles. The van der Waals surface area contributed by atoms with Crippen LogP contribution in [0.1, 0.15) is 76.8 Å². The molecule has 59 heavy (non-hydrogen) atoms. The van der Waals surface area contributed by atoms with Gasteiger partial charge in [0.2, 0.25) is 11.8 Å². The van der Waals surface area contributed by atoms with Crippen LogP contribution < -0.4 is 53.7 Å². The number of hydrogen-bond acceptors (Lipinski definition) is 12. The maximum atomic E-state index is 13.9. The Kier molecular flexibility index (Phi) is 20.3. The second-order valence-corrected chi connectivity index (χ2v) is 14.6. The predicted molar refractivity (Wildman–Crippen MR) is 217 cm³/mol. The molecular formula is C35H42Cl2F4N10O6S2. The molecule has 0 fully saturated rings. The highest BCUT2D eigenvalue weighted by atomic mass is 35.5. The molecule has 0 radical (unpaired) electrons. The molecule has 0 spiro atoms. The minimum Gasteiger partial charge on any atom is -0.471 e. The number of rotatable bonds is 21. The Bertz CT molecular complexity index is 2020. The number of amides is 6. The molecule has 24 heteroatoms. The number of carbonyl (C=O) groups is 4. The Balaban J connectivity index is 0.000000317. The first-order valence-corrected chi connectivity index (χ1v) is 20.1. The van der Waals surface area contributed by atoms with E-state index in [1.54, 1.807) is 0 Å². The Morgan fingerprint density at radius 2 is 0.932 bits per heavy atom. The molecule has 2 aromatic heterocycles. The second-order valence-electron chi connectivity index (χ2n) is 12.2. The van der Waals surface area contributed by atoms with Crippen molar-refractivity contribution in [2.45, 2.75) is 58.2 Å². The molecule has 12 N–H and O–H groups in total. The predicted octanol–water partition coefficient (Wildman–Crippen LogP) is 6.40. The van der Waals surface area contributed by atoms with Gasteiger partial charge < -0.3 is 43.0 Å². The lowest BCUT2D eigenvalue weighted by Gasteiger charge is -2.09. The molecule has 4 rings (SSSR count). The summed E-state index contributed by atoms with van der Waals surface area (Å²) in [5, 5.41) is 10.1. The van der Waals surface area contributed by atoms with Gasteiger partial charge in [0.25, 0.3) is 11.8 Å². The third-order valence-corrected chi connectivity index (χ3v) is 9.70. The minimum absolute atomic E-state index is 0.0517. The molecular weight excluding hydrogens is 867 g/mol. The van der Waals surface area contributed by atoms with Crippen molar-refractivity contribution < 1.29 is 46.2 Å². The highest BCUT2D eigenvalue weighted by Crippen LogP contribution is 2.33. The highest BCUT2D eigenvalue weighted by molar-refractivity contribution is 7.11. The van der Waals surface area contributed by atoms with Crippen LogP contribution in [0.2, 0.25) is 10.0 Å². The number of nitrogens with one attached hydrogen (secondary N) is 4. The lowest BCUT2D eigenvalue weighted by atomic mass is 10.1. The number of aromatic nitrogens is 2. The summed E-state index contributed by atoms with van der Waals surface area (Å²) in [6.45, 7) is 0.939. The molecule has 0 bridgehead atoms. The minimum atomic E-state index is -0.917. The normalized spacial score (nSPS) is 10.6. The van der Waals surface area contributed by atoms with Crippen molar-refractivity contribution in [3.63, 3.8) is 0 Å². The van der Waals surface area contributed by atoms with Gasteiger partial charge in [-0.25, -0.2) is 27.2 Å². The number of urea groups is 2. The fourth-order valence-electron chi connectivity index (χ4n) is 4.82. The van der Waals surface area contributed by atoms with Crippen molar-refractivity contribution in [2.75, 3.05) is 36.8 Å². The maximum absolute atomic E-state index is 13.9. The van der Waals surface area contributed by atoms with Gasteiger partial charge >= 0.3 is 12.1 Å². The van der Waals surface area contributed by atoms with E-state index in [0.29, 0.717) is 32.6 Å². The summed E-state index contributed by atoms with van der Waals surface area (Å²) >= 11 is 12.7. The van der Waals surface area contributed by atoms with Crippen LogP contribution >= 0.6 is 46.3 Å². The zero-order chi connectivity index (χ0) is 43.5. The van der Waals surface area contributed by atoms with Gasteiger partial charge in [0.1, 0.15) is 57.6 Å². The zero-order valence-corrected chi connectivity index (χ0v) is 34.4. The molecule has 0 aliphatic rings. The van der Waals surface area contributed by atoms with E-state index >= 15 is 0 Å². The third-order valence-electron chi connectivity index (χ3n) is 7.77. The van der Waals surface area contributed by atoms with Gasteiger partial charge in [0, 0.05) is 23.1 Å². The van der Waals surface area contributed by atoms with Crippen LogP contribution in [0.5, 0.6) is 11.8 Å². The van der Waals surface area contributed by atoms with Gasteiger partial charge in [-0.15, -0.1) is 0 Å². The van der Waals surface area contributed by atoms with E-state index in [2.05, 4.69) is 30.0 Å². The van der Waals surface area contributed by atoms with Crippen molar-refractivity contribution in [3.8, 4) is 11.8 Å². The number of primary amides is 2. The van der Waals surface area contributed by atoms with Crippen LogP contribution in [-0.2, 0) is 13.2 Å². The Morgan fingerprint density at radius 1 is 0.593 bits per heavy atom. The number of unbranched alkanes of at least 4 members (excludes halogenated alkanes) is 5. The summed E-state index contributed by atoms with van der Waals surface area (Å²) in [7, 11) is 0. The Morgan fingerprint density at radius 3 is 1.31 bits per heavy atom. The molecule has 0 unspecified atom stereocenters. The Hall–Kier alpha value is -5.00. The maximum Gasteiger partial charge on any atom is 0.319 e. The fourth-order valence-corrected chi connectivity index (χ4v) is 6.68. The number of benzene rings is 2. The first-order chi connectivity index (χ1) is 28.2. The van der Waals surface area contributed by atoms with E-state index in [1.165, 1.54) is 0 Å². The lowest BCUT2D eigenvalue weighted by Crippen LogP contribution is -2.30. The number of anilines is 2. The largest absolute Gasteiger partial charge is 0.471 e. The van der Waals surface area contributed by atoms with Crippen LogP contribution in [0.15, 0.2) is 24.3 Å². The van der Waals surface area contributed by atoms with E-state index in [-0.39, 0.29) is 54.1 Å². The van der Waals surface area contributed by atoms with E-state index in [1.807, 2.05) is 0 Å². The zero-order valence-electron chi connectivity index (χ0n) is 31.2. The van der Waals surface area contributed by atoms with Crippen molar-refractivity contribution in [1.29, 1.82) is 0 Å². The van der Waals surface area contributed by atoms with Gasteiger partial charge in [0.05, 0.1) is 11.1 Å². The quantitative estimate of drug-likeness (QED) is 0.0337.